The van der Waals surface area contributed by atoms with Crippen LogP contribution in [0.2, 0.25) is 5.02 Å². The predicted molar refractivity (Wildman–Crippen MR) is 142 cm³/mol. The molecule has 39 heavy (non-hydrogen) atoms. The summed E-state index contributed by atoms with van der Waals surface area (Å²) < 4.78 is 44.4. The lowest BCUT2D eigenvalue weighted by Crippen LogP contribution is -2.54. The van der Waals surface area contributed by atoms with E-state index in [1.165, 1.54) is 29.2 Å². The summed E-state index contributed by atoms with van der Waals surface area (Å²) in [5.41, 5.74) is 0.190. The van der Waals surface area contributed by atoms with Crippen LogP contribution in [-0.4, -0.2) is 21.9 Å². The molecule has 0 saturated carbocycles. The molecule has 3 aromatic carbocycles. The lowest BCUT2D eigenvalue weighted by Gasteiger charge is -2.30. The number of alkyl halides is 3. The van der Waals surface area contributed by atoms with E-state index in [4.69, 9.17) is 28.6 Å². The van der Waals surface area contributed by atoms with Crippen molar-refractivity contribution in [3.05, 3.63) is 97.6 Å². The number of hydrogen-bond acceptors (Lipinski definition) is 6. The minimum Gasteiger partial charge on any atom is -0.449 e. The number of ether oxygens (including phenoxy) is 1. The number of halogens is 4. The molecule has 0 aromatic heterocycles. The van der Waals surface area contributed by atoms with Crippen molar-refractivity contribution in [2.75, 3.05) is 4.90 Å². The fourth-order valence-corrected chi connectivity index (χ4v) is 4.25. The number of anilines is 1. The van der Waals surface area contributed by atoms with Gasteiger partial charge in [-0.2, -0.15) is 13.2 Å². The van der Waals surface area contributed by atoms with Crippen LogP contribution in [-0.2, 0) is 15.8 Å². The minimum absolute atomic E-state index is 0.0734. The highest BCUT2D eigenvalue weighted by Crippen LogP contribution is 2.39. The first-order chi connectivity index (χ1) is 18.3. The van der Waals surface area contributed by atoms with Crippen LogP contribution in [0.1, 0.15) is 22.3 Å². The second kappa shape index (κ2) is 10.5. The van der Waals surface area contributed by atoms with Crippen LogP contribution in [0.3, 0.4) is 0 Å². The Balaban J connectivity index is 1.65. The van der Waals surface area contributed by atoms with Crippen molar-refractivity contribution in [1.82, 2.24) is 5.32 Å². The molecule has 0 aliphatic carbocycles. The number of nitro benzene ring substituents is 1. The molecule has 8 nitrogen and oxygen atoms in total. The summed E-state index contributed by atoms with van der Waals surface area (Å²) in [7, 11) is 0. The molecule has 0 atom stereocenters. The number of nitro groups is 1. The van der Waals surface area contributed by atoms with Crippen LogP contribution >= 0.6 is 23.8 Å². The number of carbonyl (C=O) groups is 2. The molecule has 1 N–H and O–H groups in total. The van der Waals surface area contributed by atoms with Gasteiger partial charge in [-0.3, -0.25) is 29.9 Å². The van der Waals surface area contributed by atoms with Crippen LogP contribution in [0.25, 0.3) is 6.08 Å². The molecule has 1 aliphatic rings. The first kappa shape index (κ1) is 27.7. The number of aryl methyl sites for hydroxylation is 1. The second-order valence-electron chi connectivity index (χ2n) is 8.41. The lowest BCUT2D eigenvalue weighted by molar-refractivity contribution is -0.385. The van der Waals surface area contributed by atoms with Crippen LogP contribution in [0.4, 0.5) is 24.5 Å². The summed E-state index contributed by atoms with van der Waals surface area (Å²) in [6.45, 7) is 3.69. The molecule has 0 bridgehead atoms. The topological polar surface area (TPSA) is 102 Å². The van der Waals surface area contributed by atoms with Crippen molar-refractivity contribution in [2.24, 2.45) is 0 Å². The quantitative estimate of drug-likeness (QED) is 0.122. The zero-order valence-corrected chi connectivity index (χ0v) is 21.7. The van der Waals surface area contributed by atoms with Gasteiger partial charge in [-0.05, 0) is 79.2 Å². The highest BCUT2D eigenvalue weighted by Gasteiger charge is 2.36. The predicted octanol–water partition coefficient (Wildman–Crippen LogP) is 6.51. The second-order valence-corrected chi connectivity index (χ2v) is 9.20. The van der Waals surface area contributed by atoms with Gasteiger partial charge in [0.05, 0.1) is 21.2 Å². The number of nitrogens with zero attached hydrogens (tertiary/aromatic N) is 2. The summed E-state index contributed by atoms with van der Waals surface area (Å²) in [4.78, 5) is 37.5. The van der Waals surface area contributed by atoms with Gasteiger partial charge in [0.2, 0.25) is 5.75 Å². The lowest BCUT2D eigenvalue weighted by atomic mass is 10.0. The van der Waals surface area contributed by atoms with Gasteiger partial charge in [0, 0.05) is 6.07 Å². The molecule has 0 radical (unpaired) electrons. The highest BCUT2D eigenvalue weighted by molar-refractivity contribution is 7.80. The van der Waals surface area contributed by atoms with E-state index in [-0.39, 0.29) is 21.5 Å². The molecule has 4 rings (SSSR count). The van der Waals surface area contributed by atoms with Crippen LogP contribution in [0, 0.1) is 24.0 Å². The Labute approximate surface area is 229 Å². The molecule has 0 unspecified atom stereocenters. The fraction of sp³-hybridized carbons (Fsp3) is 0.115. The molecular formula is C26H17ClF3N3O5S. The minimum atomic E-state index is -4.78. The van der Waals surface area contributed by atoms with E-state index in [0.29, 0.717) is 23.4 Å². The highest BCUT2D eigenvalue weighted by atomic mass is 35.5. The Morgan fingerprint density at radius 3 is 2.41 bits per heavy atom. The molecule has 1 fully saturated rings. The Morgan fingerprint density at radius 1 is 1.08 bits per heavy atom. The van der Waals surface area contributed by atoms with Crippen molar-refractivity contribution in [1.29, 1.82) is 0 Å². The first-order valence-corrected chi connectivity index (χ1v) is 11.9. The Kier molecular flexibility index (Phi) is 7.44. The molecule has 1 saturated heterocycles. The van der Waals surface area contributed by atoms with Gasteiger partial charge in [-0.1, -0.05) is 29.8 Å². The third-order valence-corrected chi connectivity index (χ3v) is 6.47. The van der Waals surface area contributed by atoms with Crippen LogP contribution < -0.4 is 15.0 Å². The number of amides is 2. The molecule has 200 valence electrons. The summed E-state index contributed by atoms with van der Waals surface area (Å²) in [5, 5.41) is 13.7. The zero-order chi connectivity index (χ0) is 28.6. The standard InChI is InChI=1S/C26H17ClF3N3O5S/c1-13-4-3-5-19(14(13)2)32-24(35)17(23(34)31-25(32)39)10-15-6-8-21(18(27)11-15)38-22-9-7-16(26(28,29)30)12-20(22)33(36)37/h3-12H,1-2H3,(H,31,34,39)/b17-10+. The van der Waals surface area contributed by atoms with E-state index in [2.05, 4.69) is 5.32 Å². The Morgan fingerprint density at radius 2 is 1.77 bits per heavy atom. The molecule has 2 amide bonds. The number of nitrogens with one attached hydrogen (secondary N) is 1. The number of thiocarbonyl (C=S) groups is 1. The SMILES string of the molecule is Cc1cccc(N2C(=O)/C(=C/c3ccc(Oc4ccc(C(F)(F)F)cc4[N+](=O)[O-])c(Cl)c3)C(=O)NC2=S)c1C. The maximum atomic E-state index is 13.3. The van der Waals surface area contributed by atoms with Gasteiger partial charge >= 0.3 is 11.9 Å². The van der Waals surface area contributed by atoms with E-state index in [0.717, 1.165) is 17.2 Å². The van der Waals surface area contributed by atoms with Gasteiger partial charge in [0.1, 0.15) is 11.3 Å². The van der Waals surface area contributed by atoms with Gasteiger partial charge in [-0.15, -0.1) is 0 Å². The Hall–Kier alpha value is -4.29. The number of hydrogen-bond donors (Lipinski definition) is 1. The maximum Gasteiger partial charge on any atom is 0.416 e. The van der Waals surface area contributed by atoms with Crippen molar-refractivity contribution < 1.29 is 32.4 Å². The summed E-state index contributed by atoms with van der Waals surface area (Å²) in [6, 6.07) is 11.2. The number of rotatable bonds is 5. The summed E-state index contributed by atoms with van der Waals surface area (Å²) >= 11 is 11.5. The molecule has 0 spiro atoms. The van der Waals surface area contributed by atoms with Crippen molar-refractivity contribution in [3.8, 4) is 11.5 Å². The first-order valence-electron chi connectivity index (χ1n) is 11.1. The van der Waals surface area contributed by atoms with Gasteiger partial charge in [0.15, 0.2) is 5.11 Å². The normalized spacial score (nSPS) is 15.0. The average molecular weight is 576 g/mol. The van der Waals surface area contributed by atoms with E-state index < -0.39 is 39.9 Å². The van der Waals surface area contributed by atoms with E-state index >= 15 is 0 Å². The molecule has 1 heterocycles. The monoisotopic (exact) mass is 575 g/mol. The average Bonchev–Trinajstić information content (AvgIpc) is 2.85. The molecular weight excluding hydrogens is 559 g/mol. The van der Waals surface area contributed by atoms with Crippen molar-refractivity contribution >= 4 is 58.2 Å². The van der Waals surface area contributed by atoms with Gasteiger partial charge in [0.25, 0.3) is 11.8 Å². The van der Waals surface area contributed by atoms with Crippen LogP contribution in [0.5, 0.6) is 11.5 Å². The third-order valence-electron chi connectivity index (χ3n) is 5.89. The smallest absolute Gasteiger partial charge is 0.416 e. The Bertz CT molecular complexity index is 1590. The summed E-state index contributed by atoms with van der Waals surface area (Å²) in [6.07, 6.45) is -3.50. The summed E-state index contributed by atoms with van der Waals surface area (Å²) in [5.74, 6) is -1.93. The number of benzene rings is 3. The largest absolute Gasteiger partial charge is 0.449 e. The van der Waals surface area contributed by atoms with Crippen LogP contribution in [0.15, 0.2) is 60.2 Å². The van der Waals surface area contributed by atoms with Gasteiger partial charge in [-0.25, -0.2) is 0 Å². The van der Waals surface area contributed by atoms with E-state index in [1.54, 1.807) is 12.1 Å². The molecule has 3 aromatic rings. The van der Waals surface area contributed by atoms with Crippen molar-refractivity contribution in [2.45, 2.75) is 20.0 Å². The van der Waals surface area contributed by atoms with E-state index in [1.807, 2.05) is 19.9 Å². The fourth-order valence-electron chi connectivity index (χ4n) is 3.75. The maximum absolute atomic E-state index is 13.3. The molecule has 13 heteroatoms. The molecule has 1 aliphatic heterocycles. The zero-order valence-electron chi connectivity index (χ0n) is 20.1. The van der Waals surface area contributed by atoms with Gasteiger partial charge < -0.3 is 4.74 Å². The van der Waals surface area contributed by atoms with E-state index in [9.17, 15) is 32.9 Å². The third kappa shape index (κ3) is 5.61. The number of carbonyl (C=O) groups excluding carboxylic acids is 2. The van der Waals surface area contributed by atoms with Crippen molar-refractivity contribution in [3.63, 3.8) is 0 Å².